The van der Waals surface area contributed by atoms with Gasteiger partial charge >= 0.3 is 0 Å². The SMILES string of the molecule is Cc1ccc(C(C)N(C)C(=O)c2nc(C)n(-c3ccc(Cl)cc3)n2)cc1. The first-order valence-electron chi connectivity index (χ1n) is 8.40. The van der Waals surface area contributed by atoms with Crippen LogP contribution in [0.1, 0.15) is 40.5 Å². The van der Waals surface area contributed by atoms with Crippen LogP contribution < -0.4 is 0 Å². The van der Waals surface area contributed by atoms with Crippen molar-refractivity contribution in [2.45, 2.75) is 26.8 Å². The monoisotopic (exact) mass is 368 g/mol. The van der Waals surface area contributed by atoms with Gasteiger partial charge in [0, 0.05) is 12.1 Å². The summed E-state index contributed by atoms with van der Waals surface area (Å²) in [7, 11) is 1.77. The van der Waals surface area contributed by atoms with Gasteiger partial charge in [0.2, 0.25) is 5.82 Å². The van der Waals surface area contributed by atoms with Crippen LogP contribution in [0.25, 0.3) is 5.69 Å². The summed E-state index contributed by atoms with van der Waals surface area (Å²) in [5.41, 5.74) is 3.07. The van der Waals surface area contributed by atoms with Crippen molar-refractivity contribution in [2.75, 3.05) is 7.05 Å². The van der Waals surface area contributed by atoms with Crippen LogP contribution in [0.3, 0.4) is 0 Å². The summed E-state index contributed by atoms with van der Waals surface area (Å²) in [6.45, 7) is 5.85. The van der Waals surface area contributed by atoms with Gasteiger partial charge in [0.1, 0.15) is 5.82 Å². The lowest BCUT2D eigenvalue weighted by Crippen LogP contribution is -2.30. The van der Waals surface area contributed by atoms with Crippen molar-refractivity contribution in [1.29, 1.82) is 0 Å². The standard InChI is InChI=1S/C20H21ClN4O/c1-13-5-7-16(8-6-13)14(2)24(4)20(26)19-22-15(3)25(23-19)18-11-9-17(21)10-12-18/h5-12,14H,1-4H3. The minimum atomic E-state index is -0.214. The Balaban J connectivity index is 1.84. The van der Waals surface area contributed by atoms with Crippen molar-refractivity contribution < 1.29 is 4.79 Å². The van der Waals surface area contributed by atoms with Gasteiger partial charge in [-0.25, -0.2) is 9.67 Å². The van der Waals surface area contributed by atoms with Crippen molar-refractivity contribution in [3.8, 4) is 5.69 Å². The maximum absolute atomic E-state index is 12.8. The molecule has 1 unspecified atom stereocenters. The number of carbonyl (C=O) groups is 1. The molecule has 3 aromatic rings. The van der Waals surface area contributed by atoms with Crippen molar-refractivity contribution >= 4 is 17.5 Å². The van der Waals surface area contributed by atoms with E-state index < -0.39 is 0 Å². The van der Waals surface area contributed by atoms with Crippen LogP contribution in [0.4, 0.5) is 0 Å². The maximum atomic E-state index is 12.8. The molecule has 5 nitrogen and oxygen atoms in total. The summed E-state index contributed by atoms with van der Waals surface area (Å²) in [4.78, 5) is 18.9. The van der Waals surface area contributed by atoms with E-state index in [1.54, 1.807) is 28.8 Å². The summed E-state index contributed by atoms with van der Waals surface area (Å²) in [5, 5.41) is 5.04. The topological polar surface area (TPSA) is 51.0 Å². The second kappa shape index (κ2) is 7.30. The van der Waals surface area contributed by atoms with Crippen LogP contribution in [0.2, 0.25) is 5.02 Å². The Morgan fingerprint density at radius 2 is 1.69 bits per heavy atom. The lowest BCUT2D eigenvalue weighted by molar-refractivity contribution is 0.0730. The molecule has 0 N–H and O–H groups in total. The van der Waals surface area contributed by atoms with Crippen LogP contribution in [0, 0.1) is 13.8 Å². The Morgan fingerprint density at radius 3 is 2.31 bits per heavy atom. The number of rotatable bonds is 4. The number of aromatic nitrogens is 3. The molecule has 3 rings (SSSR count). The van der Waals surface area contributed by atoms with E-state index in [4.69, 9.17) is 11.6 Å². The third-order valence-corrected chi connectivity index (χ3v) is 4.74. The Bertz CT molecular complexity index is 916. The third-order valence-electron chi connectivity index (χ3n) is 4.49. The van der Waals surface area contributed by atoms with E-state index in [0.717, 1.165) is 11.3 Å². The van der Waals surface area contributed by atoms with Gasteiger partial charge in [-0.2, -0.15) is 0 Å². The zero-order valence-corrected chi connectivity index (χ0v) is 16.0. The fourth-order valence-corrected chi connectivity index (χ4v) is 2.84. The van der Waals surface area contributed by atoms with Gasteiger partial charge in [0.15, 0.2) is 0 Å². The molecule has 0 fully saturated rings. The smallest absolute Gasteiger partial charge is 0.293 e. The molecule has 0 aliphatic heterocycles. The van der Waals surface area contributed by atoms with Crippen molar-refractivity contribution in [2.24, 2.45) is 0 Å². The number of aryl methyl sites for hydroxylation is 2. The predicted octanol–water partition coefficient (Wildman–Crippen LogP) is 4.37. The molecule has 1 aromatic heterocycles. The molecule has 26 heavy (non-hydrogen) atoms. The zero-order valence-electron chi connectivity index (χ0n) is 15.3. The van der Waals surface area contributed by atoms with Gasteiger partial charge in [-0.05, 0) is 50.6 Å². The van der Waals surface area contributed by atoms with E-state index >= 15 is 0 Å². The number of hydrogen-bond donors (Lipinski definition) is 0. The minimum Gasteiger partial charge on any atom is -0.332 e. The maximum Gasteiger partial charge on any atom is 0.293 e. The second-order valence-electron chi connectivity index (χ2n) is 6.37. The third kappa shape index (κ3) is 3.63. The zero-order chi connectivity index (χ0) is 18.8. The van der Waals surface area contributed by atoms with E-state index in [9.17, 15) is 4.79 Å². The molecule has 0 spiro atoms. The Kier molecular flexibility index (Phi) is 5.09. The van der Waals surface area contributed by atoms with E-state index in [-0.39, 0.29) is 17.8 Å². The number of carbonyl (C=O) groups excluding carboxylic acids is 1. The molecular formula is C20H21ClN4O. The summed E-state index contributed by atoms with van der Waals surface area (Å²) < 4.78 is 1.65. The largest absolute Gasteiger partial charge is 0.332 e. The van der Waals surface area contributed by atoms with Crippen LogP contribution in [0.5, 0.6) is 0 Å². The van der Waals surface area contributed by atoms with E-state index in [1.807, 2.05) is 57.2 Å². The van der Waals surface area contributed by atoms with E-state index in [0.29, 0.717) is 10.8 Å². The summed E-state index contributed by atoms with van der Waals surface area (Å²) >= 11 is 5.93. The number of amides is 1. The molecule has 0 saturated heterocycles. The highest BCUT2D eigenvalue weighted by molar-refractivity contribution is 6.30. The highest BCUT2D eigenvalue weighted by atomic mass is 35.5. The predicted molar refractivity (Wildman–Crippen MR) is 103 cm³/mol. The molecule has 0 saturated carbocycles. The van der Waals surface area contributed by atoms with Crippen LogP contribution in [-0.4, -0.2) is 32.6 Å². The van der Waals surface area contributed by atoms with Gasteiger partial charge in [0.25, 0.3) is 5.91 Å². The number of hydrogen-bond acceptors (Lipinski definition) is 3. The molecule has 6 heteroatoms. The molecule has 2 aromatic carbocycles. The highest BCUT2D eigenvalue weighted by Crippen LogP contribution is 2.21. The van der Waals surface area contributed by atoms with Crippen molar-refractivity contribution in [3.05, 3.63) is 76.3 Å². The first-order chi connectivity index (χ1) is 12.4. The van der Waals surface area contributed by atoms with E-state index in [1.165, 1.54) is 5.56 Å². The summed E-state index contributed by atoms with van der Waals surface area (Å²) in [5.74, 6) is 0.611. The van der Waals surface area contributed by atoms with Crippen molar-refractivity contribution in [1.82, 2.24) is 19.7 Å². The van der Waals surface area contributed by atoms with Crippen LogP contribution in [0.15, 0.2) is 48.5 Å². The molecule has 0 aliphatic carbocycles. The molecule has 1 amide bonds. The average molecular weight is 369 g/mol. The molecule has 0 bridgehead atoms. The fourth-order valence-electron chi connectivity index (χ4n) is 2.71. The summed E-state index contributed by atoms with van der Waals surface area (Å²) in [6.07, 6.45) is 0. The lowest BCUT2D eigenvalue weighted by atomic mass is 10.1. The molecule has 1 atom stereocenters. The molecule has 134 valence electrons. The molecule has 0 radical (unpaired) electrons. The normalized spacial score (nSPS) is 12.0. The van der Waals surface area contributed by atoms with Crippen LogP contribution in [-0.2, 0) is 0 Å². The van der Waals surface area contributed by atoms with Gasteiger partial charge in [0.05, 0.1) is 11.7 Å². The first-order valence-corrected chi connectivity index (χ1v) is 8.78. The molecule has 1 heterocycles. The Hall–Kier alpha value is -2.66. The molecular weight excluding hydrogens is 348 g/mol. The number of benzene rings is 2. The first kappa shape index (κ1) is 18.1. The Morgan fingerprint density at radius 1 is 1.08 bits per heavy atom. The fraction of sp³-hybridized carbons (Fsp3) is 0.250. The van der Waals surface area contributed by atoms with Gasteiger partial charge in [-0.15, -0.1) is 5.10 Å². The number of halogens is 1. The van der Waals surface area contributed by atoms with Crippen molar-refractivity contribution in [3.63, 3.8) is 0 Å². The van der Waals surface area contributed by atoms with E-state index in [2.05, 4.69) is 10.1 Å². The molecule has 0 aliphatic rings. The number of nitrogens with zero attached hydrogens (tertiary/aromatic N) is 4. The average Bonchev–Trinajstić information content (AvgIpc) is 3.03. The lowest BCUT2D eigenvalue weighted by Gasteiger charge is -2.24. The quantitative estimate of drug-likeness (QED) is 0.687. The van der Waals surface area contributed by atoms with Crippen LogP contribution >= 0.6 is 11.6 Å². The van der Waals surface area contributed by atoms with Gasteiger partial charge in [-0.1, -0.05) is 41.4 Å². The Labute approximate surface area is 158 Å². The second-order valence-corrected chi connectivity index (χ2v) is 6.81. The van der Waals surface area contributed by atoms with Gasteiger partial charge in [-0.3, -0.25) is 4.79 Å². The summed E-state index contributed by atoms with van der Waals surface area (Å²) in [6, 6.07) is 15.3. The highest BCUT2D eigenvalue weighted by Gasteiger charge is 2.23. The van der Waals surface area contributed by atoms with Gasteiger partial charge < -0.3 is 4.90 Å². The minimum absolute atomic E-state index is 0.0779.